The van der Waals surface area contributed by atoms with Crippen molar-refractivity contribution in [3.8, 4) is 0 Å². The fourth-order valence-corrected chi connectivity index (χ4v) is 2.14. The highest BCUT2D eigenvalue weighted by molar-refractivity contribution is 5.85. The molecule has 0 aromatic rings. The van der Waals surface area contributed by atoms with E-state index in [0.29, 0.717) is 12.0 Å². The van der Waals surface area contributed by atoms with E-state index in [4.69, 9.17) is 4.84 Å². The normalized spacial score (nSPS) is 42.7. The zero-order valence-corrected chi connectivity index (χ0v) is 7.21. The van der Waals surface area contributed by atoms with E-state index < -0.39 is 0 Å². The van der Waals surface area contributed by atoms with Gasteiger partial charge in [0.1, 0.15) is 6.10 Å². The molecule has 62 valence electrons. The molecule has 2 heteroatoms. The second-order valence-corrected chi connectivity index (χ2v) is 3.90. The lowest BCUT2D eigenvalue weighted by Crippen LogP contribution is -2.29. The van der Waals surface area contributed by atoms with Gasteiger partial charge in [-0.05, 0) is 32.1 Å². The van der Waals surface area contributed by atoms with Crippen molar-refractivity contribution in [2.45, 2.75) is 39.2 Å². The Balaban J connectivity index is 2.05. The van der Waals surface area contributed by atoms with E-state index in [-0.39, 0.29) is 0 Å². The molecule has 0 saturated heterocycles. The van der Waals surface area contributed by atoms with Crippen LogP contribution in [0.15, 0.2) is 5.16 Å². The zero-order valence-electron chi connectivity index (χ0n) is 7.21. The van der Waals surface area contributed by atoms with Crippen LogP contribution in [0.1, 0.15) is 33.1 Å². The summed E-state index contributed by atoms with van der Waals surface area (Å²) in [6, 6.07) is 0. The minimum absolute atomic E-state index is 0.416. The van der Waals surface area contributed by atoms with Crippen molar-refractivity contribution in [3.05, 3.63) is 0 Å². The summed E-state index contributed by atoms with van der Waals surface area (Å²) in [7, 11) is 0. The molecule has 3 unspecified atom stereocenters. The molecule has 2 aliphatic rings. The molecule has 0 radical (unpaired) electrons. The summed E-state index contributed by atoms with van der Waals surface area (Å²) in [5, 5.41) is 4.03. The Morgan fingerprint density at radius 3 is 3.09 bits per heavy atom. The van der Waals surface area contributed by atoms with Gasteiger partial charge in [0.2, 0.25) is 0 Å². The lowest BCUT2D eigenvalue weighted by molar-refractivity contribution is 0.0250. The second kappa shape index (κ2) is 2.50. The van der Waals surface area contributed by atoms with Crippen LogP contribution in [0.5, 0.6) is 0 Å². The molecule has 0 amide bonds. The van der Waals surface area contributed by atoms with Crippen LogP contribution in [-0.2, 0) is 4.84 Å². The molecule has 2 nitrogen and oxygen atoms in total. The van der Waals surface area contributed by atoms with E-state index in [1.807, 2.05) is 0 Å². The molecule has 0 aromatic carbocycles. The summed E-state index contributed by atoms with van der Waals surface area (Å²) in [4.78, 5) is 5.33. The lowest BCUT2D eigenvalue weighted by atomic mass is 9.79. The smallest absolute Gasteiger partial charge is 0.135 e. The Morgan fingerprint density at radius 2 is 2.27 bits per heavy atom. The first-order valence-electron chi connectivity index (χ1n) is 4.47. The van der Waals surface area contributed by atoms with Gasteiger partial charge in [-0.2, -0.15) is 0 Å². The summed E-state index contributed by atoms with van der Waals surface area (Å²) in [6.07, 6.45) is 4.24. The largest absolute Gasteiger partial charge is 0.392 e. The van der Waals surface area contributed by atoms with E-state index >= 15 is 0 Å². The third-order valence-electron chi connectivity index (χ3n) is 2.92. The van der Waals surface area contributed by atoms with Gasteiger partial charge in [-0.1, -0.05) is 12.1 Å². The van der Waals surface area contributed by atoms with Gasteiger partial charge in [0.05, 0.1) is 5.71 Å². The Kier molecular flexibility index (Phi) is 1.63. The van der Waals surface area contributed by atoms with E-state index in [9.17, 15) is 0 Å². The number of hydrogen-bond donors (Lipinski definition) is 0. The Morgan fingerprint density at radius 1 is 1.45 bits per heavy atom. The highest BCUT2D eigenvalue weighted by atomic mass is 16.6. The Labute approximate surface area is 67.6 Å². The topological polar surface area (TPSA) is 21.6 Å². The molecular weight excluding hydrogens is 138 g/mol. The Hall–Kier alpha value is -0.530. The predicted molar refractivity (Wildman–Crippen MR) is 44.5 cm³/mol. The van der Waals surface area contributed by atoms with Crippen LogP contribution in [0.25, 0.3) is 0 Å². The standard InChI is InChI=1S/C9H15NO/c1-6-3-4-8-7(2)10-11-9(8)5-6/h6,8-9H,3-5H2,1-2H3. The number of oxime groups is 1. The fourth-order valence-electron chi connectivity index (χ4n) is 2.14. The van der Waals surface area contributed by atoms with Gasteiger partial charge < -0.3 is 4.84 Å². The van der Waals surface area contributed by atoms with Crippen LogP contribution in [0.4, 0.5) is 0 Å². The average molecular weight is 153 g/mol. The van der Waals surface area contributed by atoms with Crippen molar-refractivity contribution in [1.29, 1.82) is 0 Å². The van der Waals surface area contributed by atoms with Gasteiger partial charge in [-0.25, -0.2) is 0 Å². The molecule has 1 saturated carbocycles. The molecule has 11 heavy (non-hydrogen) atoms. The molecule has 1 aliphatic heterocycles. The van der Waals surface area contributed by atoms with E-state index in [2.05, 4.69) is 19.0 Å². The summed E-state index contributed by atoms with van der Waals surface area (Å²) in [5.74, 6) is 1.48. The molecule has 0 spiro atoms. The van der Waals surface area contributed by atoms with E-state index in [0.717, 1.165) is 5.92 Å². The third-order valence-corrected chi connectivity index (χ3v) is 2.92. The maximum absolute atomic E-state index is 5.33. The van der Waals surface area contributed by atoms with E-state index in [1.165, 1.54) is 25.0 Å². The first kappa shape index (κ1) is 7.14. The summed E-state index contributed by atoms with van der Waals surface area (Å²) < 4.78 is 0. The van der Waals surface area contributed by atoms with Crippen LogP contribution in [0.2, 0.25) is 0 Å². The molecule has 0 bridgehead atoms. The van der Waals surface area contributed by atoms with E-state index in [1.54, 1.807) is 0 Å². The molecule has 0 aromatic heterocycles. The van der Waals surface area contributed by atoms with Crippen molar-refractivity contribution < 1.29 is 4.84 Å². The van der Waals surface area contributed by atoms with Gasteiger partial charge in [0, 0.05) is 5.92 Å². The SMILES string of the molecule is CC1=NOC2CC(C)CCC12. The van der Waals surface area contributed by atoms with Crippen LogP contribution in [-0.4, -0.2) is 11.8 Å². The van der Waals surface area contributed by atoms with Crippen molar-refractivity contribution in [1.82, 2.24) is 0 Å². The quantitative estimate of drug-likeness (QED) is 0.522. The average Bonchev–Trinajstić information content (AvgIpc) is 2.32. The zero-order chi connectivity index (χ0) is 7.84. The van der Waals surface area contributed by atoms with Crippen LogP contribution < -0.4 is 0 Å². The third kappa shape index (κ3) is 1.15. The van der Waals surface area contributed by atoms with Crippen molar-refractivity contribution >= 4 is 5.71 Å². The Bertz CT molecular complexity index is 188. The van der Waals surface area contributed by atoms with Gasteiger partial charge in [-0.15, -0.1) is 0 Å². The first-order chi connectivity index (χ1) is 5.27. The molecular formula is C9H15NO. The van der Waals surface area contributed by atoms with Crippen LogP contribution in [0, 0.1) is 11.8 Å². The minimum atomic E-state index is 0.416. The maximum atomic E-state index is 5.33. The minimum Gasteiger partial charge on any atom is -0.392 e. The molecule has 1 heterocycles. The molecule has 1 aliphatic carbocycles. The second-order valence-electron chi connectivity index (χ2n) is 3.90. The summed E-state index contributed by atoms with van der Waals surface area (Å²) in [5.41, 5.74) is 1.21. The highest BCUT2D eigenvalue weighted by Crippen LogP contribution is 2.35. The molecule has 2 rings (SSSR count). The van der Waals surface area contributed by atoms with Gasteiger partial charge in [-0.3, -0.25) is 0 Å². The van der Waals surface area contributed by atoms with Crippen molar-refractivity contribution in [3.63, 3.8) is 0 Å². The molecule has 3 atom stereocenters. The van der Waals surface area contributed by atoms with Crippen LogP contribution in [0.3, 0.4) is 0 Å². The number of rotatable bonds is 0. The number of nitrogens with zero attached hydrogens (tertiary/aromatic N) is 1. The number of fused-ring (bicyclic) bond motifs is 1. The van der Waals surface area contributed by atoms with Crippen LogP contribution >= 0.6 is 0 Å². The molecule has 0 N–H and O–H groups in total. The number of hydrogen-bond acceptors (Lipinski definition) is 2. The van der Waals surface area contributed by atoms with Gasteiger partial charge >= 0.3 is 0 Å². The van der Waals surface area contributed by atoms with Crippen molar-refractivity contribution in [2.75, 3.05) is 0 Å². The molecule has 1 fully saturated rings. The van der Waals surface area contributed by atoms with Gasteiger partial charge in [0.25, 0.3) is 0 Å². The lowest BCUT2D eigenvalue weighted by Gasteiger charge is -2.27. The fraction of sp³-hybridized carbons (Fsp3) is 0.889. The first-order valence-corrected chi connectivity index (χ1v) is 4.47. The summed E-state index contributed by atoms with van der Waals surface area (Å²) >= 11 is 0. The highest BCUT2D eigenvalue weighted by Gasteiger charge is 2.36. The van der Waals surface area contributed by atoms with Crippen molar-refractivity contribution in [2.24, 2.45) is 17.0 Å². The van der Waals surface area contributed by atoms with Gasteiger partial charge in [0.15, 0.2) is 0 Å². The maximum Gasteiger partial charge on any atom is 0.135 e. The summed E-state index contributed by atoms with van der Waals surface area (Å²) in [6.45, 7) is 4.38. The predicted octanol–water partition coefficient (Wildman–Crippen LogP) is 2.20. The monoisotopic (exact) mass is 153 g/mol.